The van der Waals surface area contributed by atoms with Crippen molar-refractivity contribution in [2.24, 2.45) is 12.9 Å². The lowest BCUT2D eigenvalue weighted by molar-refractivity contribution is 0.492. The lowest BCUT2D eigenvalue weighted by Gasteiger charge is -2.17. The molecule has 0 radical (unpaired) electrons. The van der Waals surface area contributed by atoms with E-state index in [1.807, 2.05) is 24.7 Å². The third-order valence-corrected chi connectivity index (χ3v) is 3.66. The van der Waals surface area contributed by atoms with Crippen molar-refractivity contribution in [1.82, 2.24) is 15.2 Å². The van der Waals surface area contributed by atoms with Crippen LogP contribution in [0.5, 0.6) is 0 Å². The molecule has 2 aromatic rings. The molecule has 2 rings (SSSR count). The quantitative estimate of drug-likeness (QED) is 0.656. The van der Waals surface area contributed by atoms with E-state index < -0.39 is 0 Å². The Bertz CT molecular complexity index is 577. The second-order valence-corrected chi connectivity index (χ2v) is 5.28. The first-order valence-electron chi connectivity index (χ1n) is 6.39. The van der Waals surface area contributed by atoms with Crippen LogP contribution in [0.2, 0.25) is 5.02 Å². The predicted octanol–water partition coefficient (Wildman–Crippen LogP) is 2.14. The summed E-state index contributed by atoms with van der Waals surface area (Å²) in [6.07, 6.45) is 1.07. The van der Waals surface area contributed by atoms with Gasteiger partial charge < -0.3 is 0 Å². The zero-order valence-electron chi connectivity index (χ0n) is 11.5. The first-order chi connectivity index (χ1) is 9.51. The van der Waals surface area contributed by atoms with Crippen molar-refractivity contribution in [2.75, 3.05) is 0 Å². The predicted molar refractivity (Wildman–Crippen MR) is 77.9 cm³/mol. The molecule has 6 heteroatoms. The highest BCUT2D eigenvalue weighted by atomic mass is 35.5. The van der Waals surface area contributed by atoms with E-state index in [0.29, 0.717) is 23.4 Å². The molecular weight excluding hydrogens is 279 g/mol. The zero-order chi connectivity index (χ0) is 14.7. The first-order valence-corrected chi connectivity index (χ1v) is 6.77. The molecule has 0 bridgehead atoms. The van der Waals surface area contributed by atoms with Crippen molar-refractivity contribution in [2.45, 2.75) is 25.8 Å². The van der Waals surface area contributed by atoms with Crippen molar-refractivity contribution < 1.29 is 4.39 Å². The Morgan fingerprint density at radius 3 is 2.75 bits per heavy atom. The van der Waals surface area contributed by atoms with E-state index >= 15 is 0 Å². The molecule has 1 heterocycles. The monoisotopic (exact) mass is 296 g/mol. The molecule has 0 saturated carbocycles. The molecule has 1 aromatic carbocycles. The van der Waals surface area contributed by atoms with E-state index in [0.717, 1.165) is 11.4 Å². The molecule has 0 spiro atoms. The van der Waals surface area contributed by atoms with E-state index in [2.05, 4.69) is 10.5 Å². The topological polar surface area (TPSA) is 55.9 Å². The Morgan fingerprint density at radius 1 is 1.45 bits per heavy atom. The van der Waals surface area contributed by atoms with Crippen LogP contribution in [0.1, 0.15) is 17.0 Å². The van der Waals surface area contributed by atoms with Gasteiger partial charge in [0.15, 0.2) is 0 Å². The number of hydrazine groups is 1. The molecule has 0 amide bonds. The number of hydrogen-bond donors (Lipinski definition) is 2. The highest BCUT2D eigenvalue weighted by Gasteiger charge is 2.16. The van der Waals surface area contributed by atoms with Gasteiger partial charge in [-0.15, -0.1) is 0 Å². The molecule has 20 heavy (non-hydrogen) atoms. The lowest BCUT2D eigenvalue weighted by atomic mass is 10.0. The number of rotatable bonds is 5. The van der Waals surface area contributed by atoms with Crippen LogP contribution in [-0.2, 0) is 19.9 Å². The van der Waals surface area contributed by atoms with Crippen LogP contribution in [0.15, 0.2) is 24.3 Å². The summed E-state index contributed by atoms with van der Waals surface area (Å²) in [6, 6.07) is 6.56. The Hall–Kier alpha value is -1.43. The van der Waals surface area contributed by atoms with Gasteiger partial charge in [-0.25, -0.2) is 4.39 Å². The minimum Gasteiger partial charge on any atom is -0.272 e. The molecule has 1 unspecified atom stereocenters. The number of aromatic nitrogens is 2. The minimum atomic E-state index is -0.307. The number of halogens is 2. The van der Waals surface area contributed by atoms with Crippen LogP contribution in [0.25, 0.3) is 0 Å². The SMILES string of the molecule is Cc1cc(CC(Cc2c(F)cccc2Cl)NN)n(C)n1. The highest BCUT2D eigenvalue weighted by molar-refractivity contribution is 6.31. The number of benzene rings is 1. The molecule has 0 aliphatic rings. The van der Waals surface area contributed by atoms with Crippen molar-refractivity contribution >= 4 is 11.6 Å². The molecule has 0 aliphatic heterocycles. The van der Waals surface area contributed by atoms with Crippen molar-refractivity contribution in [3.8, 4) is 0 Å². The van der Waals surface area contributed by atoms with Gasteiger partial charge in [0, 0.05) is 35.8 Å². The molecule has 3 N–H and O–H groups in total. The van der Waals surface area contributed by atoms with Gasteiger partial charge in [0.05, 0.1) is 5.69 Å². The smallest absolute Gasteiger partial charge is 0.127 e. The van der Waals surface area contributed by atoms with Crippen LogP contribution in [0, 0.1) is 12.7 Å². The van der Waals surface area contributed by atoms with Crippen LogP contribution in [0.3, 0.4) is 0 Å². The summed E-state index contributed by atoms with van der Waals surface area (Å²) >= 11 is 6.04. The highest BCUT2D eigenvalue weighted by Crippen LogP contribution is 2.21. The van der Waals surface area contributed by atoms with Crippen LogP contribution in [0.4, 0.5) is 4.39 Å². The van der Waals surface area contributed by atoms with Crippen LogP contribution in [-0.4, -0.2) is 15.8 Å². The summed E-state index contributed by atoms with van der Waals surface area (Å²) in [4.78, 5) is 0. The fourth-order valence-electron chi connectivity index (χ4n) is 2.27. The number of hydrogen-bond acceptors (Lipinski definition) is 3. The maximum absolute atomic E-state index is 13.8. The molecular formula is C14H18ClFN4. The Balaban J connectivity index is 2.15. The van der Waals surface area contributed by atoms with E-state index in [4.69, 9.17) is 17.4 Å². The Morgan fingerprint density at radius 2 is 2.20 bits per heavy atom. The van der Waals surface area contributed by atoms with Crippen LogP contribution >= 0.6 is 11.6 Å². The van der Waals surface area contributed by atoms with Gasteiger partial charge >= 0.3 is 0 Å². The fourth-order valence-corrected chi connectivity index (χ4v) is 2.51. The number of nitrogens with zero attached hydrogens (tertiary/aromatic N) is 2. The van der Waals surface area contributed by atoms with Crippen LogP contribution < -0.4 is 11.3 Å². The molecule has 4 nitrogen and oxygen atoms in total. The average Bonchev–Trinajstić information content (AvgIpc) is 2.71. The lowest BCUT2D eigenvalue weighted by Crippen LogP contribution is -2.39. The van der Waals surface area contributed by atoms with Gasteiger partial charge in [0.25, 0.3) is 0 Å². The maximum Gasteiger partial charge on any atom is 0.127 e. The van der Waals surface area contributed by atoms with Crippen molar-refractivity contribution in [3.63, 3.8) is 0 Å². The maximum atomic E-state index is 13.8. The van der Waals surface area contributed by atoms with Gasteiger partial charge in [-0.2, -0.15) is 5.10 Å². The van der Waals surface area contributed by atoms with Gasteiger partial charge in [-0.3, -0.25) is 16.0 Å². The summed E-state index contributed by atoms with van der Waals surface area (Å²) in [5.74, 6) is 5.27. The molecule has 0 fully saturated rings. The summed E-state index contributed by atoms with van der Waals surface area (Å²) < 4.78 is 15.6. The number of nitrogens with one attached hydrogen (secondary N) is 1. The molecule has 0 saturated heterocycles. The summed E-state index contributed by atoms with van der Waals surface area (Å²) in [7, 11) is 1.88. The zero-order valence-corrected chi connectivity index (χ0v) is 12.3. The second kappa shape index (κ2) is 6.35. The Labute approximate surface area is 122 Å². The largest absolute Gasteiger partial charge is 0.272 e. The third kappa shape index (κ3) is 3.36. The summed E-state index contributed by atoms with van der Waals surface area (Å²) in [5.41, 5.74) is 5.19. The van der Waals surface area contributed by atoms with E-state index in [9.17, 15) is 4.39 Å². The first kappa shape index (κ1) is 15.0. The Kier molecular flexibility index (Phi) is 4.75. The standard InChI is InChI=1S/C14H18ClFN4/c1-9-6-11(20(2)19-9)7-10(18-17)8-12-13(15)4-3-5-14(12)16/h3-6,10,18H,7-8,17H2,1-2H3. The third-order valence-electron chi connectivity index (χ3n) is 3.30. The normalized spacial score (nSPS) is 12.7. The molecule has 108 valence electrons. The molecule has 1 atom stereocenters. The van der Waals surface area contributed by atoms with Crippen molar-refractivity contribution in [1.29, 1.82) is 0 Å². The van der Waals surface area contributed by atoms with E-state index in [1.165, 1.54) is 6.07 Å². The minimum absolute atomic E-state index is 0.112. The summed E-state index contributed by atoms with van der Waals surface area (Å²) in [5, 5.41) is 4.71. The van der Waals surface area contributed by atoms with Gasteiger partial charge in [0.1, 0.15) is 5.82 Å². The van der Waals surface area contributed by atoms with Gasteiger partial charge in [-0.1, -0.05) is 17.7 Å². The fraction of sp³-hybridized carbons (Fsp3) is 0.357. The van der Waals surface area contributed by atoms with Gasteiger partial charge in [0.2, 0.25) is 0 Å². The van der Waals surface area contributed by atoms with Crippen molar-refractivity contribution in [3.05, 3.63) is 52.1 Å². The molecule has 0 aliphatic carbocycles. The number of aryl methyl sites for hydroxylation is 2. The van der Waals surface area contributed by atoms with E-state index in [-0.39, 0.29) is 11.9 Å². The number of nitrogens with two attached hydrogens (primary N) is 1. The second-order valence-electron chi connectivity index (χ2n) is 4.87. The van der Waals surface area contributed by atoms with Gasteiger partial charge in [-0.05, 0) is 31.5 Å². The summed E-state index contributed by atoms with van der Waals surface area (Å²) in [6.45, 7) is 1.93. The van der Waals surface area contributed by atoms with E-state index in [1.54, 1.807) is 12.1 Å². The average molecular weight is 297 g/mol. The molecule has 1 aromatic heterocycles.